The third-order valence-corrected chi connectivity index (χ3v) is 3.46. The molecule has 2 aromatic carbocycles. The molecule has 0 radical (unpaired) electrons. The minimum Gasteiger partial charge on any atom is -0.480 e. The molecule has 2 aromatic rings. The zero-order valence-corrected chi connectivity index (χ0v) is 14.0. The quantitative estimate of drug-likeness (QED) is 0.303. The van der Waals surface area contributed by atoms with Gasteiger partial charge in [-0.3, -0.25) is 25.0 Å². The number of esters is 1. The highest BCUT2D eigenvalue weighted by atomic mass is 16.6. The van der Waals surface area contributed by atoms with E-state index >= 15 is 0 Å². The molecule has 0 heterocycles. The maximum absolute atomic E-state index is 12.0. The van der Waals surface area contributed by atoms with Crippen LogP contribution in [0.15, 0.2) is 42.5 Å². The van der Waals surface area contributed by atoms with Crippen molar-refractivity contribution in [1.82, 2.24) is 0 Å². The zero-order valence-electron chi connectivity index (χ0n) is 14.0. The van der Waals surface area contributed by atoms with E-state index in [9.17, 15) is 25.0 Å². The highest BCUT2D eigenvalue weighted by Crippen LogP contribution is 2.25. The fourth-order valence-corrected chi connectivity index (χ4v) is 2.14. The van der Waals surface area contributed by atoms with E-state index in [4.69, 9.17) is 15.9 Å². The van der Waals surface area contributed by atoms with Gasteiger partial charge in [-0.05, 0) is 11.6 Å². The topological polar surface area (TPSA) is 122 Å². The number of rotatable bonds is 8. The lowest BCUT2D eigenvalue weighted by Gasteiger charge is -2.10. The number of nitrogens with zero attached hydrogens (tertiary/aromatic N) is 2. The van der Waals surface area contributed by atoms with Crippen molar-refractivity contribution < 1.29 is 24.1 Å². The molecule has 0 atom stereocenters. The van der Waals surface area contributed by atoms with Gasteiger partial charge in [-0.25, -0.2) is 0 Å². The van der Waals surface area contributed by atoms with E-state index in [0.717, 1.165) is 0 Å². The normalized spacial score (nSPS) is 9.89. The Labute approximate surface area is 153 Å². The molecule has 9 heteroatoms. The van der Waals surface area contributed by atoms with Crippen LogP contribution in [0.25, 0.3) is 0 Å². The van der Waals surface area contributed by atoms with Crippen LogP contribution in [0.3, 0.4) is 0 Å². The van der Waals surface area contributed by atoms with E-state index in [-0.39, 0.29) is 36.8 Å². The third-order valence-electron chi connectivity index (χ3n) is 3.46. The summed E-state index contributed by atoms with van der Waals surface area (Å²) in [5.41, 5.74) is 0.724. The fourth-order valence-electron chi connectivity index (χ4n) is 2.14. The second-order valence-corrected chi connectivity index (χ2v) is 5.30. The molecular formula is C18H14N2O7. The molecule has 2 rings (SSSR count). The Hall–Kier alpha value is -3.93. The van der Waals surface area contributed by atoms with E-state index < -0.39 is 15.8 Å². The molecule has 0 unspecified atom stereocenters. The van der Waals surface area contributed by atoms with Gasteiger partial charge in [0, 0.05) is 23.8 Å². The van der Waals surface area contributed by atoms with Gasteiger partial charge < -0.3 is 9.47 Å². The lowest BCUT2D eigenvalue weighted by atomic mass is 10.1. The first-order chi connectivity index (χ1) is 12.9. The molecule has 0 N–H and O–H groups in total. The van der Waals surface area contributed by atoms with Gasteiger partial charge in [0.05, 0.1) is 22.3 Å². The molecule has 0 aliphatic heterocycles. The smallest absolute Gasteiger partial charge is 0.310 e. The number of non-ortho nitro benzene ring substituents is 2. The highest BCUT2D eigenvalue weighted by Gasteiger charge is 2.14. The summed E-state index contributed by atoms with van der Waals surface area (Å²) in [6.45, 7) is -0.255. The molecule has 138 valence electrons. The standard InChI is InChI=1S/C18H14N2O7/c1-2-9-26-17-11-16(20(24)25)8-5-14(17)12-27-18(21)10-13-3-6-15(7-4-13)19(22)23/h1,3-8,11H,9-10,12H2. The van der Waals surface area contributed by atoms with Crippen LogP contribution >= 0.6 is 0 Å². The molecule has 27 heavy (non-hydrogen) atoms. The van der Waals surface area contributed by atoms with Crippen molar-refractivity contribution in [3.05, 3.63) is 73.8 Å². The number of carbonyl (C=O) groups is 1. The molecule has 0 aliphatic rings. The monoisotopic (exact) mass is 370 g/mol. The first-order valence-electron chi connectivity index (χ1n) is 7.63. The Kier molecular flexibility index (Phi) is 6.44. The van der Waals surface area contributed by atoms with Crippen LogP contribution < -0.4 is 4.74 Å². The van der Waals surface area contributed by atoms with Crippen LogP contribution in [0.1, 0.15) is 11.1 Å². The molecule has 0 saturated heterocycles. The van der Waals surface area contributed by atoms with Gasteiger partial charge in [-0.2, -0.15) is 0 Å². The van der Waals surface area contributed by atoms with Crippen molar-refractivity contribution in [2.45, 2.75) is 13.0 Å². The lowest BCUT2D eigenvalue weighted by Crippen LogP contribution is -2.09. The Morgan fingerprint density at radius 2 is 1.67 bits per heavy atom. The summed E-state index contributed by atoms with van der Waals surface area (Å²) >= 11 is 0. The van der Waals surface area contributed by atoms with E-state index in [1.807, 2.05) is 0 Å². The van der Waals surface area contributed by atoms with Gasteiger partial charge in [0.15, 0.2) is 0 Å². The average Bonchev–Trinajstić information content (AvgIpc) is 2.65. The summed E-state index contributed by atoms with van der Waals surface area (Å²) in [4.78, 5) is 32.3. The molecule has 0 spiro atoms. The number of benzene rings is 2. The number of hydrogen-bond donors (Lipinski definition) is 0. The molecule has 0 aliphatic carbocycles. The van der Waals surface area contributed by atoms with Gasteiger partial charge in [-0.1, -0.05) is 18.1 Å². The number of ether oxygens (including phenoxy) is 2. The maximum Gasteiger partial charge on any atom is 0.310 e. The Morgan fingerprint density at radius 3 is 2.26 bits per heavy atom. The SMILES string of the molecule is C#CCOc1cc([N+](=O)[O-])ccc1COC(=O)Cc1ccc([N+](=O)[O-])cc1. The second-order valence-electron chi connectivity index (χ2n) is 5.30. The van der Waals surface area contributed by atoms with Crippen LogP contribution in [0.2, 0.25) is 0 Å². The molecule has 0 bridgehead atoms. The van der Waals surface area contributed by atoms with Crippen LogP contribution in [-0.2, 0) is 22.6 Å². The Balaban J connectivity index is 2.02. The highest BCUT2D eigenvalue weighted by molar-refractivity contribution is 5.72. The van der Waals surface area contributed by atoms with Gasteiger partial charge in [0.25, 0.3) is 11.4 Å². The van der Waals surface area contributed by atoms with Gasteiger partial charge in [0.2, 0.25) is 0 Å². The second kappa shape index (κ2) is 8.96. The number of terminal acetylenes is 1. The summed E-state index contributed by atoms with van der Waals surface area (Å²) in [6, 6.07) is 9.41. The van der Waals surface area contributed by atoms with E-state index in [0.29, 0.717) is 11.1 Å². The van der Waals surface area contributed by atoms with Crippen molar-refractivity contribution in [3.63, 3.8) is 0 Å². The first-order valence-corrected chi connectivity index (χ1v) is 7.63. The summed E-state index contributed by atoms with van der Waals surface area (Å²) in [6.07, 6.45) is 5.05. The van der Waals surface area contributed by atoms with Crippen molar-refractivity contribution in [2.24, 2.45) is 0 Å². The number of hydrogen-bond acceptors (Lipinski definition) is 7. The van der Waals surface area contributed by atoms with Crippen molar-refractivity contribution in [3.8, 4) is 18.1 Å². The van der Waals surface area contributed by atoms with Gasteiger partial charge in [-0.15, -0.1) is 6.42 Å². The number of nitro groups is 2. The average molecular weight is 370 g/mol. The summed E-state index contributed by atoms with van der Waals surface area (Å²) in [5.74, 6) is 1.85. The summed E-state index contributed by atoms with van der Waals surface area (Å²) in [7, 11) is 0. The Morgan fingerprint density at radius 1 is 1.04 bits per heavy atom. The zero-order chi connectivity index (χ0) is 19.8. The van der Waals surface area contributed by atoms with E-state index in [1.54, 1.807) is 0 Å². The summed E-state index contributed by atoms with van der Waals surface area (Å²) in [5, 5.41) is 21.5. The van der Waals surface area contributed by atoms with E-state index in [2.05, 4.69) is 5.92 Å². The van der Waals surface area contributed by atoms with Gasteiger partial charge >= 0.3 is 5.97 Å². The van der Waals surface area contributed by atoms with Crippen molar-refractivity contribution in [2.75, 3.05) is 6.61 Å². The maximum atomic E-state index is 12.0. The van der Waals surface area contributed by atoms with Crippen LogP contribution in [-0.4, -0.2) is 22.4 Å². The largest absolute Gasteiger partial charge is 0.480 e. The fraction of sp³-hybridized carbons (Fsp3) is 0.167. The number of nitro benzene ring substituents is 2. The predicted octanol–water partition coefficient (Wildman–Crippen LogP) is 2.80. The Bertz CT molecular complexity index is 901. The third kappa shape index (κ3) is 5.54. The molecule has 0 aromatic heterocycles. The van der Waals surface area contributed by atoms with Crippen LogP contribution in [0.4, 0.5) is 11.4 Å². The van der Waals surface area contributed by atoms with Crippen LogP contribution in [0.5, 0.6) is 5.75 Å². The molecule has 9 nitrogen and oxygen atoms in total. The lowest BCUT2D eigenvalue weighted by molar-refractivity contribution is -0.385. The van der Waals surface area contributed by atoms with Gasteiger partial charge in [0.1, 0.15) is 19.0 Å². The molecule has 0 fully saturated rings. The molecular weight excluding hydrogens is 356 g/mol. The molecule has 0 saturated carbocycles. The van der Waals surface area contributed by atoms with Crippen molar-refractivity contribution in [1.29, 1.82) is 0 Å². The van der Waals surface area contributed by atoms with Crippen LogP contribution in [0, 0.1) is 32.6 Å². The minimum absolute atomic E-state index is 0.0756. The van der Waals surface area contributed by atoms with E-state index in [1.165, 1.54) is 42.5 Å². The minimum atomic E-state index is -0.576. The molecule has 0 amide bonds. The number of carbonyl (C=O) groups excluding carboxylic acids is 1. The predicted molar refractivity (Wildman–Crippen MR) is 94.0 cm³/mol. The van der Waals surface area contributed by atoms with Crippen molar-refractivity contribution >= 4 is 17.3 Å². The summed E-state index contributed by atoms with van der Waals surface area (Å²) < 4.78 is 10.4. The first kappa shape index (κ1) is 19.4.